The monoisotopic (exact) mass is 366 g/mol. The van der Waals surface area contributed by atoms with E-state index in [0.717, 1.165) is 12.0 Å². The second kappa shape index (κ2) is 9.63. The molecule has 1 atom stereocenters. The van der Waals surface area contributed by atoms with E-state index in [2.05, 4.69) is 31.3 Å². The van der Waals surface area contributed by atoms with E-state index < -0.39 is 0 Å². The van der Waals surface area contributed by atoms with Crippen LogP contribution in [0.3, 0.4) is 0 Å². The van der Waals surface area contributed by atoms with Gasteiger partial charge in [-0.25, -0.2) is 0 Å². The first-order valence-corrected chi connectivity index (χ1v) is 9.02. The molecule has 27 heavy (non-hydrogen) atoms. The SMILES string of the molecule is COc1cc(C#N)ccc1OCC(=O)N[C@@H](C)c1ccc(CC(C)C)cc1. The molecule has 0 aliphatic heterocycles. The fourth-order valence-corrected chi connectivity index (χ4v) is 2.78. The summed E-state index contributed by atoms with van der Waals surface area (Å²) in [7, 11) is 1.49. The highest BCUT2D eigenvalue weighted by atomic mass is 16.5. The van der Waals surface area contributed by atoms with Crippen molar-refractivity contribution in [2.24, 2.45) is 5.92 Å². The molecule has 0 heterocycles. The maximum Gasteiger partial charge on any atom is 0.258 e. The number of nitrogens with zero attached hydrogens (tertiary/aromatic N) is 1. The molecule has 5 nitrogen and oxygen atoms in total. The normalized spacial score (nSPS) is 11.6. The molecule has 0 spiro atoms. The lowest BCUT2D eigenvalue weighted by Gasteiger charge is -2.16. The van der Waals surface area contributed by atoms with Crippen LogP contribution >= 0.6 is 0 Å². The number of carbonyl (C=O) groups excluding carboxylic acids is 1. The number of nitrogens with one attached hydrogen (secondary N) is 1. The first kappa shape index (κ1) is 20.3. The van der Waals surface area contributed by atoms with Gasteiger partial charge in [0.15, 0.2) is 18.1 Å². The van der Waals surface area contributed by atoms with E-state index in [-0.39, 0.29) is 18.6 Å². The van der Waals surface area contributed by atoms with Crippen molar-refractivity contribution in [2.75, 3.05) is 13.7 Å². The number of hydrogen-bond acceptors (Lipinski definition) is 4. The Hall–Kier alpha value is -3.00. The summed E-state index contributed by atoms with van der Waals surface area (Å²) in [5, 5.41) is 11.9. The predicted molar refractivity (Wildman–Crippen MR) is 105 cm³/mol. The van der Waals surface area contributed by atoms with E-state index in [1.807, 2.05) is 25.1 Å². The number of methoxy groups -OCH3 is 1. The minimum atomic E-state index is -0.222. The molecule has 0 saturated heterocycles. The minimum absolute atomic E-state index is 0.114. The molecule has 142 valence electrons. The zero-order valence-electron chi connectivity index (χ0n) is 16.3. The Morgan fingerprint density at radius 2 is 1.81 bits per heavy atom. The number of carbonyl (C=O) groups is 1. The largest absolute Gasteiger partial charge is 0.493 e. The van der Waals surface area contributed by atoms with E-state index in [1.54, 1.807) is 18.2 Å². The van der Waals surface area contributed by atoms with Crippen LogP contribution < -0.4 is 14.8 Å². The van der Waals surface area contributed by atoms with Gasteiger partial charge >= 0.3 is 0 Å². The molecule has 0 aliphatic carbocycles. The van der Waals surface area contributed by atoms with Gasteiger partial charge in [0, 0.05) is 6.07 Å². The molecule has 0 fully saturated rings. The number of hydrogen-bond donors (Lipinski definition) is 1. The van der Waals surface area contributed by atoms with Crippen LogP contribution in [0.5, 0.6) is 11.5 Å². The third-order valence-electron chi connectivity index (χ3n) is 4.15. The van der Waals surface area contributed by atoms with Crippen molar-refractivity contribution in [2.45, 2.75) is 33.2 Å². The van der Waals surface area contributed by atoms with Gasteiger partial charge in [-0.3, -0.25) is 4.79 Å². The van der Waals surface area contributed by atoms with Crippen molar-refractivity contribution in [3.05, 3.63) is 59.2 Å². The van der Waals surface area contributed by atoms with Crippen LogP contribution in [0.1, 0.15) is 43.5 Å². The Balaban J connectivity index is 1.91. The average Bonchev–Trinajstić information content (AvgIpc) is 2.66. The third kappa shape index (κ3) is 6.03. The Morgan fingerprint density at radius 1 is 1.11 bits per heavy atom. The van der Waals surface area contributed by atoms with Gasteiger partial charge < -0.3 is 14.8 Å². The molecule has 0 bridgehead atoms. The van der Waals surface area contributed by atoms with Crippen molar-refractivity contribution in [1.29, 1.82) is 5.26 Å². The Morgan fingerprint density at radius 3 is 2.41 bits per heavy atom. The van der Waals surface area contributed by atoms with Crippen molar-refractivity contribution in [3.63, 3.8) is 0 Å². The van der Waals surface area contributed by atoms with Gasteiger partial charge in [0.1, 0.15) is 0 Å². The molecule has 0 aliphatic rings. The summed E-state index contributed by atoms with van der Waals surface area (Å²) in [6.07, 6.45) is 1.04. The summed E-state index contributed by atoms with van der Waals surface area (Å²) in [5.41, 5.74) is 2.81. The summed E-state index contributed by atoms with van der Waals surface area (Å²) in [5.74, 6) is 1.25. The number of benzene rings is 2. The molecule has 2 aromatic carbocycles. The van der Waals surface area contributed by atoms with Crippen molar-refractivity contribution in [1.82, 2.24) is 5.32 Å². The zero-order valence-corrected chi connectivity index (χ0v) is 16.3. The van der Waals surface area contributed by atoms with Crippen molar-refractivity contribution < 1.29 is 14.3 Å². The highest BCUT2D eigenvalue weighted by Crippen LogP contribution is 2.27. The van der Waals surface area contributed by atoms with Crippen LogP contribution in [-0.4, -0.2) is 19.6 Å². The molecular formula is C22H26N2O3. The van der Waals surface area contributed by atoms with E-state index in [4.69, 9.17) is 14.7 Å². The highest BCUT2D eigenvalue weighted by Gasteiger charge is 2.12. The molecule has 1 N–H and O–H groups in total. The lowest BCUT2D eigenvalue weighted by Crippen LogP contribution is -2.31. The Labute approximate surface area is 160 Å². The quantitative estimate of drug-likeness (QED) is 0.766. The van der Waals surface area contributed by atoms with E-state index in [1.165, 1.54) is 12.7 Å². The maximum atomic E-state index is 12.2. The predicted octanol–water partition coefficient (Wildman–Crippen LogP) is 4.02. The Kier molecular flexibility index (Phi) is 7.25. The van der Waals surface area contributed by atoms with Gasteiger partial charge in [0.25, 0.3) is 5.91 Å². The van der Waals surface area contributed by atoms with Crippen LogP contribution in [0.15, 0.2) is 42.5 Å². The first-order valence-electron chi connectivity index (χ1n) is 9.02. The highest BCUT2D eigenvalue weighted by molar-refractivity contribution is 5.78. The van der Waals surface area contributed by atoms with E-state index in [0.29, 0.717) is 23.0 Å². The number of nitriles is 1. The fourth-order valence-electron chi connectivity index (χ4n) is 2.78. The summed E-state index contributed by atoms with van der Waals surface area (Å²) in [6, 6.07) is 15.1. The second-order valence-corrected chi connectivity index (χ2v) is 6.89. The summed E-state index contributed by atoms with van der Waals surface area (Å²) >= 11 is 0. The number of ether oxygens (including phenoxy) is 2. The lowest BCUT2D eigenvalue weighted by atomic mass is 10.00. The van der Waals surface area contributed by atoms with Crippen LogP contribution in [0.2, 0.25) is 0 Å². The smallest absolute Gasteiger partial charge is 0.258 e. The molecule has 1 amide bonds. The van der Waals surface area contributed by atoms with E-state index in [9.17, 15) is 4.79 Å². The molecule has 0 radical (unpaired) electrons. The Bertz CT molecular complexity index is 807. The number of amides is 1. The molecule has 2 aromatic rings. The van der Waals surface area contributed by atoms with E-state index >= 15 is 0 Å². The fraction of sp³-hybridized carbons (Fsp3) is 0.364. The topological polar surface area (TPSA) is 71.3 Å². The summed E-state index contributed by atoms with van der Waals surface area (Å²) in [6.45, 7) is 6.20. The third-order valence-corrected chi connectivity index (χ3v) is 4.15. The van der Waals surface area contributed by atoms with Gasteiger partial charge in [-0.15, -0.1) is 0 Å². The molecule has 2 rings (SSSR count). The van der Waals surface area contributed by atoms with Crippen molar-refractivity contribution >= 4 is 5.91 Å². The number of rotatable bonds is 8. The maximum absolute atomic E-state index is 12.2. The minimum Gasteiger partial charge on any atom is -0.493 e. The molecule has 0 unspecified atom stereocenters. The van der Waals surface area contributed by atoms with Crippen LogP contribution in [0.25, 0.3) is 0 Å². The molecule has 5 heteroatoms. The zero-order chi connectivity index (χ0) is 19.8. The van der Waals surface area contributed by atoms with Gasteiger partial charge in [-0.2, -0.15) is 5.26 Å². The average molecular weight is 366 g/mol. The second-order valence-electron chi connectivity index (χ2n) is 6.89. The van der Waals surface area contributed by atoms with Crippen LogP contribution in [-0.2, 0) is 11.2 Å². The van der Waals surface area contributed by atoms with Crippen LogP contribution in [0.4, 0.5) is 0 Å². The molecular weight excluding hydrogens is 340 g/mol. The molecule has 0 saturated carbocycles. The first-order chi connectivity index (χ1) is 12.9. The molecule has 0 aromatic heterocycles. The van der Waals surface area contributed by atoms with Gasteiger partial charge in [-0.05, 0) is 42.5 Å². The summed E-state index contributed by atoms with van der Waals surface area (Å²) < 4.78 is 10.7. The van der Waals surface area contributed by atoms with Gasteiger partial charge in [-0.1, -0.05) is 38.1 Å². The van der Waals surface area contributed by atoms with Crippen molar-refractivity contribution in [3.8, 4) is 17.6 Å². The summed E-state index contributed by atoms with van der Waals surface area (Å²) in [4.78, 5) is 12.2. The van der Waals surface area contributed by atoms with Gasteiger partial charge in [0.2, 0.25) is 0 Å². The van der Waals surface area contributed by atoms with Gasteiger partial charge in [0.05, 0.1) is 24.8 Å². The van der Waals surface area contributed by atoms with Crippen LogP contribution in [0, 0.1) is 17.2 Å². The lowest BCUT2D eigenvalue weighted by molar-refractivity contribution is -0.123. The standard InChI is InChI=1S/C22H26N2O3/c1-15(2)11-17-5-8-19(9-6-17)16(3)24-22(25)14-27-20-10-7-18(13-23)12-21(20)26-4/h5-10,12,15-16H,11,14H2,1-4H3,(H,24,25)/t16-/m0/s1.